The molecule has 1 aromatic carbocycles. The molecule has 5 heteroatoms. The predicted molar refractivity (Wildman–Crippen MR) is 81.6 cm³/mol. The van der Waals surface area contributed by atoms with Crippen LogP contribution in [0.5, 0.6) is 11.5 Å². The summed E-state index contributed by atoms with van der Waals surface area (Å²) in [7, 11) is 1.67. The van der Waals surface area contributed by atoms with Gasteiger partial charge < -0.3 is 14.8 Å². The molecule has 0 radical (unpaired) electrons. The van der Waals surface area contributed by atoms with Gasteiger partial charge in [0.2, 0.25) is 0 Å². The summed E-state index contributed by atoms with van der Waals surface area (Å²) in [5, 5.41) is 6.40. The van der Waals surface area contributed by atoms with Crippen LogP contribution in [0.15, 0.2) is 23.6 Å². The maximum atomic E-state index is 5.88. The summed E-state index contributed by atoms with van der Waals surface area (Å²) in [6.45, 7) is 6.26. The molecule has 0 fully saturated rings. The first-order valence-electron chi connectivity index (χ1n) is 6.64. The fourth-order valence-electron chi connectivity index (χ4n) is 1.85. The third-order valence-corrected chi connectivity index (χ3v) is 3.70. The van der Waals surface area contributed by atoms with E-state index in [1.54, 1.807) is 18.4 Å². The van der Waals surface area contributed by atoms with Crippen LogP contribution in [0.1, 0.15) is 23.2 Å². The maximum Gasteiger partial charge on any atom is 0.131 e. The molecule has 0 aliphatic heterocycles. The van der Waals surface area contributed by atoms with Gasteiger partial charge in [-0.25, -0.2) is 4.98 Å². The third kappa shape index (κ3) is 3.95. The second kappa shape index (κ2) is 7.26. The third-order valence-electron chi connectivity index (χ3n) is 2.88. The van der Waals surface area contributed by atoms with Crippen molar-refractivity contribution in [1.82, 2.24) is 10.3 Å². The number of methoxy groups -OCH3 is 1. The van der Waals surface area contributed by atoms with Gasteiger partial charge in [-0.3, -0.25) is 0 Å². The van der Waals surface area contributed by atoms with Gasteiger partial charge in [0.25, 0.3) is 0 Å². The van der Waals surface area contributed by atoms with E-state index in [4.69, 9.17) is 9.47 Å². The fraction of sp³-hybridized carbons (Fsp3) is 0.400. The zero-order valence-electron chi connectivity index (χ0n) is 12.1. The molecule has 2 rings (SSSR count). The molecule has 0 bridgehead atoms. The second-order valence-corrected chi connectivity index (χ2v) is 5.46. The summed E-state index contributed by atoms with van der Waals surface area (Å²) >= 11 is 1.64. The van der Waals surface area contributed by atoms with E-state index < -0.39 is 0 Å². The van der Waals surface area contributed by atoms with Crippen molar-refractivity contribution in [1.29, 1.82) is 0 Å². The highest BCUT2D eigenvalue weighted by molar-refractivity contribution is 7.09. The fourth-order valence-corrected chi connectivity index (χ4v) is 2.44. The largest absolute Gasteiger partial charge is 0.497 e. The number of thiazole rings is 1. The number of hydrogen-bond acceptors (Lipinski definition) is 5. The number of aryl methyl sites for hydroxylation is 1. The molecule has 0 atom stereocenters. The number of rotatable bonds is 7. The lowest BCUT2D eigenvalue weighted by molar-refractivity contribution is 0.297. The normalized spacial score (nSPS) is 10.6. The highest BCUT2D eigenvalue weighted by atomic mass is 32.1. The van der Waals surface area contributed by atoms with E-state index in [1.807, 2.05) is 30.5 Å². The summed E-state index contributed by atoms with van der Waals surface area (Å²) in [5.41, 5.74) is 2.07. The van der Waals surface area contributed by atoms with Gasteiger partial charge >= 0.3 is 0 Å². The second-order valence-electron chi connectivity index (χ2n) is 4.40. The molecule has 4 nitrogen and oxygen atoms in total. The summed E-state index contributed by atoms with van der Waals surface area (Å²) in [4.78, 5) is 4.40. The minimum atomic E-state index is 0.496. The van der Waals surface area contributed by atoms with E-state index in [0.29, 0.717) is 6.61 Å². The summed E-state index contributed by atoms with van der Waals surface area (Å²) < 4.78 is 11.1. The summed E-state index contributed by atoms with van der Waals surface area (Å²) in [6.07, 6.45) is 0. The van der Waals surface area contributed by atoms with Crippen LogP contribution < -0.4 is 14.8 Å². The average molecular weight is 292 g/mol. The molecule has 1 N–H and O–H groups in total. The highest BCUT2D eigenvalue weighted by Crippen LogP contribution is 2.25. The van der Waals surface area contributed by atoms with Gasteiger partial charge in [0, 0.05) is 17.5 Å². The molecule has 1 heterocycles. The Morgan fingerprint density at radius 1 is 1.35 bits per heavy atom. The molecule has 108 valence electrons. The van der Waals surface area contributed by atoms with Crippen molar-refractivity contribution < 1.29 is 9.47 Å². The number of aromatic nitrogens is 1. The number of nitrogens with one attached hydrogen (secondary N) is 1. The Morgan fingerprint density at radius 2 is 2.20 bits per heavy atom. The number of benzene rings is 1. The van der Waals surface area contributed by atoms with Crippen LogP contribution in [-0.2, 0) is 13.2 Å². The van der Waals surface area contributed by atoms with Crippen molar-refractivity contribution in [3.05, 3.63) is 39.8 Å². The molecule has 0 aliphatic carbocycles. The summed E-state index contributed by atoms with van der Waals surface area (Å²) in [5.74, 6) is 1.71. The van der Waals surface area contributed by atoms with Gasteiger partial charge in [-0.1, -0.05) is 6.92 Å². The van der Waals surface area contributed by atoms with Gasteiger partial charge in [-0.2, -0.15) is 0 Å². The van der Waals surface area contributed by atoms with Crippen molar-refractivity contribution in [2.24, 2.45) is 0 Å². The SMILES string of the molecule is CCNCc1cc(OC)ccc1OCc1csc(C)n1. The Kier molecular flexibility index (Phi) is 5.38. The molecule has 20 heavy (non-hydrogen) atoms. The molecule has 0 spiro atoms. The molecular formula is C15H20N2O2S. The minimum Gasteiger partial charge on any atom is -0.497 e. The number of hydrogen-bond donors (Lipinski definition) is 1. The lowest BCUT2D eigenvalue weighted by Gasteiger charge is -2.12. The standard InChI is InChI=1S/C15H20N2O2S/c1-4-16-8-12-7-14(18-3)5-6-15(12)19-9-13-10-20-11(2)17-13/h5-7,10,16H,4,8-9H2,1-3H3. The maximum absolute atomic E-state index is 5.88. The van der Waals surface area contributed by atoms with E-state index in [1.165, 1.54) is 0 Å². The number of nitrogens with zero attached hydrogens (tertiary/aromatic N) is 1. The first kappa shape index (κ1) is 14.8. The van der Waals surface area contributed by atoms with Crippen LogP contribution in [0, 0.1) is 6.92 Å². The Labute approximate surface area is 123 Å². The van der Waals surface area contributed by atoms with Crippen LogP contribution in [0.25, 0.3) is 0 Å². The first-order chi connectivity index (χ1) is 9.72. The quantitative estimate of drug-likeness (QED) is 0.851. The van der Waals surface area contributed by atoms with E-state index in [2.05, 4.69) is 17.2 Å². The van der Waals surface area contributed by atoms with Crippen molar-refractivity contribution in [3.63, 3.8) is 0 Å². The number of ether oxygens (including phenoxy) is 2. The van der Waals surface area contributed by atoms with Crippen LogP contribution in [0.3, 0.4) is 0 Å². The molecule has 1 aromatic heterocycles. The van der Waals surface area contributed by atoms with Gasteiger partial charge in [-0.05, 0) is 31.7 Å². The Bertz CT molecular complexity index is 555. The van der Waals surface area contributed by atoms with Crippen molar-refractivity contribution in [3.8, 4) is 11.5 Å². The van der Waals surface area contributed by atoms with E-state index in [9.17, 15) is 0 Å². The Balaban J connectivity index is 2.08. The zero-order valence-corrected chi connectivity index (χ0v) is 12.9. The van der Waals surface area contributed by atoms with Crippen LogP contribution in [0.4, 0.5) is 0 Å². The zero-order chi connectivity index (χ0) is 14.4. The first-order valence-corrected chi connectivity index (χ1v) is 7.52. The van der Waals surface area contributed by atoms with Gasteiger partial charge in [0.1, 0.15) is 18.1 Å². The minimum absolute atomic E-state index is 0.496. The van der Waals surface area contributed by atoms with E-state index in [0.717, 1.165) is 40.9 Å². The van der Waals surface area contributed by atoms with E-state index in [-0.39, 0.29) is 0 Å². The molecule has 0 unspecified atom stereocenters. The van der Waals surface area contributed by atoms with Crippen LogP contribution >= 0.6 is 11.3 Å². The lowest BCUT2D eigenvalue weighted by Crippen LogP contribution is -2.13. The Hall–Kier alpha value is -1.59. The molecule has 2 aromatic rings. The van der Waals surface area contributed by atoms with E-state index >= 15 is 0 Å². The monoisotopic (exact) mass is 292 g/mol. The summed E-state index contributed by atoms with van der Waals surface area (Å²) in [6, 6.07) is 5.87. The molecule has 0 saturated heterocycles. The molecular weight excluding hydrogens is 272 g/mol. The van der Waals surface area contributed by atoms with Crippen molar-refractivity contribution in [2.45, 2.75) is 27.0 Å². The van der Waals surface area contributed by atoms with Crippen LogP contribution in [-0.4, -0.2) is 18.6 Å². The smallest absolute Gasteiger partial charge is 0.131 e. The topological polar surface area (TPSA) is 43.4 Å². The molecule has 0 amide bonds. The predicted octanol–water partition coefficient (Wildman–Crippen LogP) is 3.15. The Morgan fingerprint density at radius 3 is 2.85 bits per heavy atom. The van der Waals surface area contributed by atoms with Crippen molar-refractivity contribution in [2.75, 3.05) is 13.7 Å². The van der Waals surface area contributed by atoms with Crippen LogP contribution in [0.2, 0.25) is 0 Å². The van der Waals surface area contributed by atoms with Gasteiger partial charge in [0.05, 0.1) is 17.8 Å². The van der Waals surface area contributed by atoms with Crippen molar-refractivity contribution >= 4 is 11.3 Å². The van der Waals surface area contributed by atoms with Gasteiger partial charge in [-0.15, -0.1) is 11.3 Å². The highest BCUT2D eigenvalue weighted by Gasteiger charge is 2.07. The average Bonchev–Trinajstić information content (AvgIpc) is 2.89. The van der Waals surface area contributed by atoms with Gasteiger partial charge in [0.15, 0.2) is 0 Å². The molecule has 0 aliphatic rings. The molecule has 0 saturated carbocycles. The lowest BCUT2D eigenvalue weighted by atomic mass is 10.2.